The van der Waals surface area contributed by atoms with Crippen LogP contribution >= 0.6 is 0 Å². The number of unbranched alkanes of at least 4 members (excludes halogenated alkanes) is 3. The van der Waals surface area contributed by atoms with E-state index in [1.165, 1.54) is 0 Å². The van der Waals surface area contributed by atoms with Crippen LogP contribution in [-0.4, -0.2) is 180 Å². The number of rotatable bonds is 26. The molecule has 9 atom stereocenters. The summed E-state index contributed by atoms with van der Waals surface area (Å²) in [7, 11) is 0. The third-order valence-electron chi connectivity index (χ3n) is 12.7. The minimum Gasteiger partial charge on any atom is -0.444 e. The maximum absolute atomic E-state index is 13.9. The van der Waals surface area contributed by atoms with Crippen LogP contribution in [0.1, 0.15) is 110 Å². The molecule has 1 aromatic rings. The van der Waals surface area contributed by atoms with Gasteiger partial charge in [0.05, 0.1) is 75.2 Å². The van der Waals surface area contributed by atoms with Crippen LogP contribution < -0.4 is 0 Å². The van der Waals surface area contributed by atoms with Crippen molar-refractivity contribution in [3.05, 3.63) is 11.9 Å². The van der Waals surface area contributed by atoms with Gasteiger partial charge in [-0.25, -0.2) is 9.48 Å². The van der Waals surface area contributed by atoms with E-state index < -0.39 is 59.9 Å². The Hall–Kier alpha value is -2.99. The van der Waals surface area contributed by atoms with E-state index in [0.29, 0.717) is 89.6 Å². The van der Waals surface area contributed by atoms with Crippen LogP contribution in [0.3, 0.4) is 0 Å². The summed E-state index contributed by atoms with van der Waals surface area (Å²) in [6, 6.07) is 1.79. The highest BCUT2D eigenvalue weighted by molar-refractivity contribution is 5.83. The van der Waals surface area contributed by atoms with Crippen LogP contribution in [0.15, 0.2) is 6.20 Å². The summed E-state index contributed by atoms with van der Waals surface area (Å²) >= 11 is 0. The average Bonchev–Trinajstić information content (AvgIpc) is 3.88. The second kappa shape index (κ2) is 22.6. The fraction of sp³-hybridized carbons (Fsp3) is 0.884. The van der Waals surface area contributed by atoms with Gasteiger partial charge in [0.25, 0.3) is 0 Å². The fourth-order valence-corrected chi connectivity index (χ4v) is 10.3. The van der Waals surface area contributed by atoms with E-state index in [4.69, 9.17) is 24.1 Å². The van der Waals surface area contributed by atoms with E-state index in [-0.39, 0.29) is 19.0 Å². The minimum atomic E-state index is -1.68. The molecule has 61 heavy (non-hydrogen) atoms. The molecule has 4 bridgehead atoms. The number of hydrogen-bond donors (Lipinski definition) is 5. The first kappa shape index (κ1) is 49.0. The molecule has 2 heterocycles. The van der Waals surface area contributed by atoms with Gasteiger partial charge in [0.15, 0.2) is 0 Å². The zero-order valence-corrected chi connectivity index (χ0v) is 36.9. The molecule has 0 spiro atoms. The number of nitriles is 1. The highest BCUT2D eigenvalue weighted by atomic mass is 16.6. The van der Waals surface area contributed by atoms with E-state index >= 15 is 0 Å². The molecule has 4 saturated carbocycles. The molecule has 2 amide bonds. The number of carbonyl (C=O) groups is 2. The summed E-state index contributed by atoms with van der Waals surface area (Å²) in [5, 5.41) is 68.0. The largest absolute Gasteiger partial charge is 0.444 e. The molecular weight excluding hydrogens is 791 g/mol. The normalized spacial score (nSPS) is 26.6. The Morgan fingerprint density at radius 2 is 1.67 bits per heavy atom. The summed E-state index contributed by atoms with van der Waals surface area (Å²) in [6.45, 7) is 10.7. The van der Waals surface area contributed by atoms with Gasteiger partial charge >= 0.3 is 6.09 Å². The quantitative estimate of drug-likeness (QED) is 0.0838. The molecule has 4 aliphatic carbocycles. The highest BCUT2D eigenvalue weighted by Crippen LogP contribution is 2.61. The summed E-state index contributed by atoms with van der Waals surface area (Å²) in [4.78, 5) is 32.8. The number of ether oxygens (including phenoxy) is 4. The first-order valence-corrected chi connectivity index (χ1v) is 22.5. The molecule has 0 radical (unpaired) electrons. The van der Waals surface area contributed by atoms with E-state index in [0.717, 1.165) is 64.2 Å². The second-order valence-electron chi connectivity index (χ2n) is 18.9. The van der Waals surface area contributed by atoms with E-state index in [1.54, 1.807) is 20.7 Å². The van der Waals surface area contributed by atoms with Gasteiger partial charge < -0.3 is 49.4 Å². The van der Waals surface area contributed by atoms with Gasteiger partial charge in [-0.1, -0.05) is 31.4 Å². The van der Waals surface area contributed by atoms with Gasteiger partial charge in [0, 0.05) is 25.8 Å². The Balaban J connectivity index is 1.05. The van der Waals surface area contributed by atoms with Crippen molar-refractivity contribution >= 4 is 12.0 Å². The average molecular weight is 864 g/mol. The van der Waals surface area contributed by atoms with Crippen LogP contribution in [0.25, 0.3) is 0 Å². The number of aliphatic hydroxyl groups is 5. The first-order valence-electron chi connectivity index (χ1n) is 22.5. The summed E-state index contributed by atoms with van der Waals surface area (Å²) < 4.78 is 26.0. The monoisotopic (exact) mass is 864 g/mol. The van der Waals surface area contributed by atoms with Crippen molar-refractivity contribution in [3.63, 3.8) is 0 Å². The van der Waals surface area contributed by atoms with Gasteiger partial charge in [-0.15, -0.1) is 5.10 Å². The Kier molecular flexibility index (Phi) is 18.1. The van der Waals surface area contributed by atoms with Crippen molar-refractivity contribution in [2.45, 2.75) is 165 Å². The fourth-order valence-electron chi connectivity index (χ4n) is 10.3. The summed E-state index contributed by atoms with van der Waals surface area (Å²) in [5.41, 5.74) is -1.02. The standard InChI is InChI=1S/C43H73N7O11/c1-5-6-7-8-11-47(27-35(52)38(55)39(56)36(53)29-51)25-33-26-48(46-45-33)13-14-58-15-16-59-17-18-60-43-22-31-19-32(23-43)21-42(20-31,30-43)50(40(57)61-41(2,3)4)28-37(54)49-12-9-10-34(49)24-44/h26,31-32,34-36,38-39,51-53,55-56H,5-23,25,27-30H2,1-4H3/t31-,32?,34-,35-,36+,38+,39+,42?,43?/m0/s1. The summed E-state index contributed by atoms with van der Waals surface area (Å²) in [6.07, 6.45) is 5.73. The topological polar surface area (TPSA) is 236 Å². The molecule has 1 aliphatic heterocycles. The molecule has 5 fully saturated rings. The lowest BCUT2D eigenvalue weighted by molar-refractivity contribution is -0.202. The van der Waals surface area contributed by atoms with Gasteiger partial charge in [-0.05, 0) is 96.9 Å². The molecule has 3 unspecified atom stereocenters. The molecule has 0 aromatic carbocycles. The molecule has 6 rings (SSSR count). The molecule has 1 aromatic heterocycles. The Morgan fingerprint density at radius 3 is 2.34 bits per heavy atom. The third-order valence-corrected chi connectivity index (χ3v) is 12.7. The van der Waals surface area contributed by atoms with E-state index in [9.17, 15) is 35.3 Å². The lowest BCUT2D eigenvalue weighted by atomic mass is 9.50. The maximum atomic E-state index is 13.9. The third kappa shape index (κ3) is 13.8. The number of amides is 2. The first-order chi connectivity index (χ1) is 29.1. The van der Waals surface area contributed by atoms with Crippen molar-refractivity contribution in [2.24, 2.45) is 11.8 Å². The highest BCUT2D eigenvalue weighted by Gasteiger charge is 2.62. The van der Waals surface area contributed by atoms with Gasteiger partial charge in [-0.3, -0.25) is 14.6 Å². The van der Waals surface area contributed by atoms with Gasteiger partial charge in [0.1, 0.15) is 36.5 Å². The summed E-state index contributed by atoms with van der Waals surface area (Å²) in [5.74, 6) is 0.556. The van der Waals surface area contributed by atoms with Crippen molar-refractivity contribution in [1.82, 2.24) is 29.7 Å². The number of carbonyl (C=O) groups excluding carboxylic acids is 2. The Bertz CT molecular complexity index is 1560. The number of aliphatic hydroxyl groups excluding tert-OH is 5. The van der Waals surface area contributed by atoms with Crippen LogP contribution in [0.4, 0.5) is 4.79 Å². The van der Waals surface area contributed by atoms with Crippen molar-refractivity contribution in [1.29, 1.82) is 5.26 Å². The van der Waals surface area contributed by atoms with Crippen LogP contribution in [0.5, 0.6) is 0 Å². The Labute approximate surface area is 361 Å². The van der Waals surface area contributed by atoms with Crippen molar-refractivity contribution < 1.29 is 54.1 Å². The van der Waals surface area contributed by atoms with Gasteiger partial charge in [-0.2, -0.15) is 5.26 Å². The van der Waals surface area contributed by atoms with Crippen molar-refractivity contribution in [3.8, 4) is 6.07 Å². The number of hydrogen-bond acceptors (Lipinski definition) is 15. The minimum absolute atomic E-state index is 0.0332. The molecule has 346 valence electrons. The molecule has 1 saturated heterocycles. The number of nitrogens with zero attached hydrogens (tertiary/aromatic N) is 7. The molecule has 5 aliphatic rings. The lowest BCUT2D eigenvalue weighted by Crippen LogP contribution is -2.68. The smallest absolute Gasteiger partial charge is 0.411 e. The molecular formula is C43H73N7O11. The maximum Gasteiger partial charge on any atom is 0.411 e. The van der Waals surface area contributed by atoms with E-state index in [2.05, 4.69) is 23.3 Å². The zero-order chi connectivity index (χ0) is 44.2. The predicted octanol–water partition coefficient (Wildman–Crippen LogP) is 1.99. The van der Waals surface area contributed by atoms with E-state index in [1.807, 2.05) is 25.7 Å². The van der Waals surface area contributed by atoms with Gasteiger partial charge in [0.2, 0.25) is 5.91 Å². The van der Waals surface area contributed by atoms with Crippen molar-refractivity contribution in [2.75, 3.05) is 65.8 Å². The second-order valence-corrected chi connectivity index (χ2v) is 18.9. The Morgan fingerprint density at radius 1 is 0.984 bits per heavy atom. The number of likely N-dealkylation sites (tertiary alicyclic amines) is 1. The molecule has 5 N–H and O–H groups in total. The number of aromatic nitrogens is 3. The van der Waals surface area contributed by atoms with Crippen LogP contribution in [0.2, 0.25) is 0 Å². The molecule has 18 heteroatoms. The molecule has 18 nitrogen and oxygen atoms in total. The van der Waals surface area contributed by atoms with Crippen LogP contribution in [0, 0.1) is 23.2 Å². The predicted molar refractivity (Wildman–Crippen MR) is 222 cm³/mol. The zero-order valence-electron chi connectivity index (χ0n) is 36.9. The SMILES string of the molecule is CCCCCCN(Cc1cn(CCOCCOCCOC23CC4C[C@H](C2)CC(N(CC(=O)N2CCC[C@H]2C#N)C(=O)OC(C)(C)C)(C4)C3)nn1)C[C@H](O)[C@@H](O)[C@H](O)[C@H](O)CO. The van der Waals surface area contributed by atoms with Crippen LogP contribution in [-0.2, 0) is 36.8 Å². The lowest BCUT2D eigenvalue weighted by Gasteiger charge is -2.64.